The Morgan fingerprint density at radius 2 is 1.86 bits per heavy atom. The molecule has 0 saturated carbocycles. The Labute approximate surface area is 124 Å². The van der Waals surface area contributed by atoms with Crippen molar-refractivity contribution in [1.29, 1.82) is 0 Å². The predicted molar refractivity (Wildman–Crippen MR) is 85.4 cm³/mol. The molecule has 2 aromatic carbocycles. The van der Waals surface area contributed by atoms with Crippen molar-refractivity contribution in [1.82, 2.24) is 4.98 Å². The largest absolute Gasteiger partial charge is 0.494 e. The minimum Gasteiger partial charge on any atom is -0.494 e. The SMILES string of the molecule is CCOc1ccccc1C(N)c1cccc2cnccc12. The van der Waals surface area contributed by atoms with Gasteiger partial charge in [0.25, 0.3) is 0 Å². The number of nitrogens with zero attached hydrogens (tertiary/aromatic N) is 1. The monoisotopic (exact) mass is 278 g/mol. The smallest absolute Gasteiger partial charge is 0.124 e. The molecule has 0 bridgehead atoms. The van der Waals surface area contributed by atoms with Crippen molar-refractivity contribution in [2.24, 2.45) is 5.73 Å². The highest BCUT2D eigenvalue weighted by molar-refractivity contribution is 5.85. The zero-order valence-corrected chi connectivity index (χ0v) is 12.0. The number of para-hydroxylation sites is 1. The van der Waals surface area contributed by atoms with Crippen LogP contribution in [0.25, 0.3) is 10.8 Å². The summed E-state index contributed by atoms with van der Waals surface area (Å²) in [6, 6.07) is 15.9. The molecule has 0 saturated heterocycles. The van der Waals surface area contributed by atoms with Gasteiger partial charge in [0.1, 0.15) is 5.75 Å². The third-order valence-electron chi connectivity index (χ3n) is 3.60. The summed E-state index contributed by atoms with van der Waals surface area (Å²) in [7, 11) is 0. The van der Waals surface area contributed by atoms with Gasteiger partial charge in [0.15, 0.2) is 0 Å². The van der Waals surface area contributed by atoms with Crippen LogP contribution in [0.15, 0.2) is 60.9 Å². The molecule has 0 fully saturated rings. The van der Waals surface area contributed by atoms with Crippen LogP contribution in [0, 0.1) is 0 Å². The van der Waals surface area contributed by atoms with E-state index in [0.717, 1.165) is 27.6 Å². The van der Waals surface area contributed by atoms with E-state index < -0.39 is 0 Å². The highest BCUT2D eigenvalue weighted by Crippen LogP contribution is 2.31. The van der Waals surface area contributed by atoms with Crippen LogP contribution < -0.4 is 10.5 Å². The first-order valence-corrected chi connectivity index (χ1v) is 7.11. The van der Waals surface area contributed by atoms with E-state index in [1.54, 1.807) is 6.20 Å². The minimum absolute atomic E-state index is 0.223. The molecule has 0 aliphatic carbocycles. The van der Waals surface area contributed by atoms with Gasteiger partial charge in [-0.2, -0.15) is 0 Å². The molecule has 0 spiro atoms. The van der Waals surface area contributed by atoms with E-state index in [9.17, 15) is 0 Å². The van der Waals surface area contributed by atoms with Gasteiger partial charge in [-0.15, -0.1) is 0 Å². The Balaban J connectivity index is 2.11. The lowest BCUT2D eigenvalue weighted by atomic mass is 9.94. The summed E-state index contributed by atoms with van der Waals surface area (Å²) in [5.74, 6) is 0.846. The number of nitrogens with two attached hydrogens (primary N) is 1. The first-order valence-electron chi connectivity index (χ1n) is 7.11. The number of rotatable bonds is 4. The van der Waals surface area contributed by atoms with Gasteiger partial charge in [0.2, 0.25) is 0 Å². The zero-order valence-electron chi connectivity index (χ0n) is 12.0. The summed E-state index contributed by atoms with van der Waals surface area (Å²) < 4.78 is 5.70. The van der Waals surface area contributed by atoms with Crippen molar-refractivity contribution in [2.75, 3.05) is 6.61 Å². The number of pyridine rings is 1. The van der Waals surface area contributed by atoms with Crippen molar-refractivity contribution >= 4 is 10.8 Å². The van der Waals surface area contributed by atoms with Gasteiger partial charge in [-0.25, -0.2) is 0 Å². The highest BCUT2D eigenvalue weighted by Gasteiger charge is 2.16. The van der Waals surface area contributed by atoms with Gasteiger partial charge in [0.05, 0.1) is 12.6 Å². The molecule has 106 valence electrons. The number of ether oxygens (including phenoxy) is 1. The second-order valence-electron chi connectivity index (χ2n) is 4.89. The van der Waals surface area contributed by atoms with Crippen LogP contribution in [-0.4, -0.2) is 11.6 Å². The molecule has 0 radical (unpaired) electrons. The number of hydrogen-bond donors (Lipinski definition) is 1. The molecule has 0 aliphatic heterocycles. The van der Waals surface area contributed by atoms with Crippen molar-refractivity contribution in [2.45, 2.75) is 13.0 Å². The van der Waals surface area contributed by atoms with Crippen LogP contribution in [0.1, 0.15) is 24.1 Å². The molecule has 3 aromatic rings. The zero-order chi connectivity index (χ0) is 14.7. The third kappa shape index (κ3) is 2.60. The molecule has 3 rings (SSSR count). The number of fused-ring (bicyclic) bond motifs is 1. The van der Waals surface area contributed by atoms with Gasteiger partial charge >= 0.3 is 0 Å². The molecule has 0 amide bonds. The van der Waals surface area contributed by atoms with Crippen molar-refractivity contribution in [3.05, 3.63) is 72.1 Å². The van der Waals surface area contributed by atoms with E-state index in [0.29, 0.717) is 6.61 Å². The van der Waals surface area contributed by atoms with Crippen molar-refractivity contribution < 1.29 is 4.74 Å². The van der Waals surface area contributed by atoms with Crippen molar-refractivity contribution in [3.8, 4) is 5.75 Å². The third-order valence-corrected chi connectivity index (χ3v) is 3.60. The Bertz CT molecular complexity index is 750. The van der Waals surface area contributed by atoms with Crippen LogP contribution in [0.2, 0.25) is 0 Å². The molecule has 1 aromatic heterocycles. The molecule has 3 heteroatoms. The van der Waals surface area contributed by atoms with Gasteiger partial charge in [-0.3, -0.25) is 4.98 Å². The maximum absolute atomic E-state index is 6.51. The van der Waals surface area contributed by atoms with Crippen molar-refractivity contribution in [3.63, 3.8) is 0 Å². The van der Waals surface area contributed by atoms with E-state index in [1.165, 1.54) is 0 Å². The molecule has 0 aliphatic rings. The van der Waals surface area contributed by atoms with E-state index in [-0.39, 0.29) is 6.04 Å². The fourth-order valence-corrected chi connectivity index (χ4v) is 2.61. The van der Waals surface area contributed by atoms with E-state index in [4.69, 9.17) is 10.5 Å². The summed E-state index contributed by atoms with van der Waals surface area (Å²) in [5.41, 5.74) is 8.60. The summed E-state index contributed by atoms with van der Waals surface area (Å²) in [4.78, 5) is 4.17. The maximum atomic E-state index is 6.51. The van der Waals surface area contributed by atoms with Crippen LogP contribution in [0.3, 0.4) is 0 Å². The van der Waals surface area contributed by atoms with E-state index >= 15 is 0 Å². The molecular formula is C18H18N2O. The first kappa shape index (κ1) is 13.6. The average molecular weight is 278 g/mol. The Morgan fingerprint density at radius 1 is 1.05 bits per heavy atom. The summed E-state index contributed by atoms with van der Waals surface area (Å²) in [6.45, 7) is 2.61. The lowest BCUT2D eigenvalue weighted by Gasteiger charge is -2.18. The number of aromatic nitrogens is 1. The number of benzene rings is 2. The second kappa shape index (κ2) is 5.94. The van der Waals surface area contributed by atoms with Gasteiger partial charge in [-0.1, -0.05) is 36.4 Å². The lowest BCUT2D eigenvalue weighted by molar-refractivity contribution is 0.335. The summed E-state index contributed by atoms with van der Waals surface area (Å²) in [6.07, 6.45) is 3.66. The molecule has 21 heavy (non-hydrogen) atoms. The Morgan fingerprint density at radius 3 is 2.71 bits per heavy atom. The number of hydrogen-bond acceptors (Lipinski definition) is 3. The normalized spacial score (nSPS) is 12.3. The predicted octanol–water partition coefficient (Wildman–Crippen LogP) is 3.68. The molecule has 1 heterocycles. The fourth-order valence-electron chi connectivity index (χ4n) is 2.61. The lowest BCUT2D eigenvalue weighted by Crippen LogP contribution is -2.14. The van der Waals surface area contributed by atoms with Crippen LogP contribution in [-0.2, 0) is 0 Å². The maximum Gasteiger partial charge on any atom is 0.124 e. The van der Waals surface area contributed by atoms with Gasteiger partial charge in [0, 0.05) is 23.3 Å². The Kier molecular flexibility index (Phi) is 3.84. The average Bonchev–Trinajstić information content (AvgIpc) is 2.54. The minimum atomic E-state index is -0.223. The standard InChI is InChI=1S/C18H18N2O/c1-2-21-17-9-4-3-7-16(17)18(19)15-8-5-6-13-12-20-11-10-14(13)15/h3-12,18H,2,19H2,1H3. The molecule has 1 atom stereocenters. The van der Waals surface area contributed by atoms with E-state index in [1.807, 2.05) is 55.6 Å². The highest BCUT2D eigenvalue weighted by atomic mass is 16.5. The van der Waals surface area contributed by atoms with Gasteiger partial charge < -0.3 is 10.5 Å². The quantitative estimate of drug-likeness (QED) is 0.792. The molecule has 1 unspecified atom stereocenters. The molecule has 2 N–H and O–H groups in total. The topological polar surface area (TPSA) is 48.1 Å². The molecule has 3 nitrogen and oxygen atoms in total. The fraction of sp³-hybridized carbons (Fsp3) is 0.167. The van der Waals surface area contributed by atoms with Gasteiger partial charge in [-0.05, 0) is 30.0 Å². The molecular weight excluding hydrogens is 260 g/mol. The Hall–Kier alpha value is -2.39. The first-order chi connectivity index (χ1) is 10.3. The summed E-state index contributed by atoms with van der Waals surface area (Å²) in [5, 5.41) is 2.23. The van der Waals surface area contributed by atoms with Crippen LogP contribution >= 0.6 is 0 Å². The van der Waals surface area contributed by atoms with Crippen LogP contribution in [0.5, 0.6) is 5.75 Å². The van der Waals surface area contributed by atoms with Crippen LogP contribution in [0.4, 0.5) is 0 Å². The second-order valence-corrected chi connectivity index (χ2v) is 4.89. The van der Waals surface area contributed by atoms with E-state index in [2.05, 4.69) is 11.1 Å². The summed E-state index contributed by atoms with van der Waals surface area (Å²) >= 11 is 0.